The zero-order valence-corrected chi connectivity index (χ0v) is 17.9. The van der Waals surface area contributed by atoms with E-state index in [-0.39, 0.29) is 23.7 Å². The molecule has 1 heterocycles. The smallest absolute Gasteiger partial charge is 0.341 e. The van der Waals surface area contributed by atoms with Gasteiger partial charge in [0.15, 0.2) is 0 Å². The number of nitrogens with one attached hydrogen (secondary N) is 1. The van der Waals surface area contributed by atoms with Gasteiger partial charge in [-0.3, -0.25) is 4.79 Å². The molecule has 4 nitrogen and oxygen atoms in total. The molecule has 1 amide bonds. The van der Waals surface area contributed by atoms with Crippen LogP contribution in [0.5, 0.6) is 0 Å². The lowest BCUT2D eigenvalue weighted by Gasteiger charge is -2.55. The van der Waals surface area contributed by atoms with Crippen molar-refractivity contribution in [2.24, 2.45) is 23.2 Å². The highest BCUT2D eigenvalue weighted by molar-refractivity contribution is 7.15. The molecule has 158 valence electrons. The molecular weight excluding hydrogens is 401 g/mol. The Hall–Kier alpha value is -2.21. The van der Waals surface area contributed by atoms with Crippen LogP contribution in [0.1, 0.15) is 55.8 Å². The molecule has 4 saturated carbocycles. The second-order valence-electron chi connectivity index (χ2n) is 9.23. The van der Waals surface area contributed by atoms with Gasteiger partial charge in [-0.2, -0.15) is 0 Å². The van der Waals surface area contributed by atoms with Crippen LogP contribution in [0.25, 0.3) is 11.1 Å². The number of hydrogen-bond acceptors (Lipinski definition) is 4. The van der Waals surface area contributed by atoms with E-state index >= 15 is 0 Å². The van der Waals surface area contributed by atoms with Crippen molar-refractivity contribution >= 4 is 28.2 Å². The molecule has 1 N–H and O–H groups in total. The standard InChI is InChI=1S/C24H26FNO3S/c1-2-29-22(27)20-19(17-3-5-18(25)6-4-17)13-30-21(20)26-23(28)24-10-14-7-15(11-24)9-16(8-14)12-24/h3-6,13-16H,2,7-12H2,1H3,(H,26,28). The van der Waals surface area contributed by atoms with Gasteiger partial charge in [0.2, 0.25) is 5.91 Å². The predicted octanol–water partition coefficient (Wildman–Crippen LogP) is 5.89. The van der Waals surface area contributed by atoms with E-state index in [1.165, 1.54) is 42.7 Å². The molecule has 4 aliphatic rings. The molecule has 0 unspecified atom stereocenters. The van der Waals surface area contributed by atoms with Gasteiger partial charge < -0.3 is 10.1 Å². The highest BCUT2D eigenvalue weighted by Gasteiger charge is 2.54. The zero-order chi connectivity index (χ0) is 20.9. The summed E-state index contributed by atoms with van der Waals surface area (Å²) in [6.07, 6.45) is 6.72. The van der Waals surface area contributed by atoms with Gasteiger partial charge >= 0.3 is 5.97 Å². The molecule has 4 bridgehead atoms. The number of ether oxygens (including phenoxy) is 1. The minimum atomic E-state index is -0.459. The van der Waals surface area contributed by atoms with E-state index in [4.69, 9.17) is 4.74 Å². The van der Waals surface area contributed by atoms with E-state index < -0.39 is 5.97 Å². The fourth-order valence-corrected chi connectivity index (χ4v) is 7.27. The molecule has 4 aliphatic carbocycles. The summed E-state index contributed by atoms with van der Waals surface area (Å²) in [5, 5.41) is 5.49. The first-order valence-electron chi connectivity index (χ1n) is 10.8. The number of hydrogen-bond donors (Lipinski definition) is 1. The van der Waals surface area contributed by atoms with Crippen molar-refractivity contribution in [1.82, 2.24) is 0 Å². The fraction of sp³-hybridized carbons (Fsp3) is 0.500. The van der Waals surface area contributed by atoms with Crippen molar-refractivity contribution < 1.29 is 18.7 Å². The Bertz CT molecular complexity index is 946. The number of halogens is 1. The number of thiophene rings is 1. The first-order chi connectivity index (χ1) is 14.5. The van der Waals surface area contributed by atoms with Gasteiger partial charge in [0.25, 0.3) is 0 Å². The largest absolute Gasteiger partial charge is 0.462 e. The van der Waals surface area contributed by atoms with Crippen LogP contribution in [0.3, 0.4) is 0 Å². The van der Waals surface area contributed by atoms with Crippen molar-refractivity contribution in [3.05, 3.63) is 41.0 Å². The number of rotatable bonds is 5. The van der Waals surface area contributed by atoms with E-state index in [1.54, 1.807) is 19.1 Å². The van der Waals surface area contributed by atoms with Gasteiger partial charge in [0.05, 0.1) is 12.0 Å². The van der Waals surface area contributed by atoms with Crippen LogP contribution in [-0.4, -0.2) is 18.5 Å². The summed E-state index contributed by atoms with van der Waals surface area (Å²) in [4.78, 5) is 26.3. The first-order valence-corrected chi connectivity index (χ1v) is 11.7. The third-order valence-electron chi connectivity index (χ3n) is 7.17. The van der Waals surface area contributed by atoms with E-state index in [2.05, 4.69) is 5.32 Å². The van der Waals surface area contributed by atoms with Crippen LogP contribution < -0.4 is 5.32 Å². The number of anilines is 1. The first kappa shape index (κ1) is 19.7. The topological polar surface area (TPSA) is 55.4 Å². The normalized spacial score (nSPS) is 29.1. The summed E-state index contributed by atoms with van der Waals surface area (Å²) in [6, 6.07) is 6.03. The minimum Gasteiger partial charge on any atom is -0.462 e. The molecule has 1 aromatic heterocycles. The molecular formula is C24H26FNO3S. The highest BCUT2D eigenvalue weighted by Crippen LogP contribution is 2.60. The average Bonchev–Trinajstić information content (AvgIpc) is 3.11. The Morgan fingerprint density at radius 3 is 2.27 bits per heavy atom. The Morgan fingerprint density at radius 1 is 1.10 bits per heavy atom. The lowest BCUT2D eigenvalue weighted by atomic mass is 9.49. The summed E-state index contributed by atoms with van der Waals surface area (Å²) < 4.78 is 18.7. The molecule has 4 fully saturated rings. The summed E-state index contributed by atoms with van der Waals surface area (Å²) >= 11 is 1.34. The van der Waals surface area contributed by atoms with Gasteiger partial charge in [-0.1, -0.05) is 12.1 Å². The SMILES string of the molecule is CCOC(=O)c1c(-c2ccc(F)cc2)csc1NC(=O)C12CC3CC(CC(C3)C1)C2. The number of carbonyl (C=O) groups excluding carboxylic acids is 2. The maximum absolute atomic E-state index is 13.5. The van der Waals surface area contributed by atoms with Crippen LogP contribution in [0.15, 0.2) is 29.6 Å². The van der Waals surface area contributed by atoms with Gasteiger partial charge in [-0.15, -0.1) is 11.3 Å². The molecule has 0 radical (unpaired) electrons. The Labute approximate surface area is 179 Å². The monoisotopic (exact) mass is 427 g/mol. The van der Waals surface area contributed by atoms with E-state index in [9.17, 15) is 14.0 Å². The zero-order valence-electron chi connectivity index (χ0n) is 17.1. The molecule has 0 aliphatic heterocycles. The maximum Gasteiger partial charge on any atom is 0.341 e. The number of amides is 1. The third-order valence-corrected chi connectivity index (χ3v) is 8.07. The second kappa shape index (κ2) is 7.49. The molecule has 2 aromatic rings. The minimum absolute atomic E-state index is 0.0552. The van der Waals surface area contributed by atoms with Gasteiger partial charge in [-0.05, 0) is 80.9 Å². The van der Waals surface area contributed by atoms with E-state index in [1.807, 2.05) is 5.38 Å². The van der Waals surface area contributed by atoms with Crippen molar-refractivity contribution in [3.63, 3.8) is 0 Å². The molecule has 6 rings (SSSR count). The maximum atomic E-state index is 13.5. The quantitative estimate of drug-likeness (QED) is 0.606. The lowest BCUT2D eigenvalue weighted by Crippen LogP contribution is -2.51. The second-order valence-corrected chi connectivity index (χ2v) is 10.1. The molecule has 0 saturated heterocycles. The highest BCUT2D eigenvalue weighted by atomic mass is 32.1. The van der Waals surface area contributed by atoms with Gasteiger partial charge in [-0.25, -0.2) is 9.18 Å². The fourth-order valence-electron chi connectivity index (χ4n) is 6.32. The molecule has 30 heavy (non-hydrogen) atoms. The van der Waals surface area contributed by atoms with Crippen molar-refractivity contribution in [3.8, 4) is 11.1 Å². The van der Waals surface area contributed by atoms with E-state index in [0.29, 0.717) is 33.9 Å². The van der Waals surface area contributed by atoms with Crippen molar-refractivity contribution in [1.29, 1.82) is 0 Å². The summed E-state index contributed by atoms with van der Waals surface area (Å²) in [5.41, 5.74) is 1.47. The molecule has 6 heteroatoms. The van der Waals surface area contributed by atoms with Crippen LogP contribution >= 0.6 is 11.3 Å². The Balaban J connectivity index is 1.46. The van der Waals surface area contributed by atoms with Crippen LogP contribution in [0.4, 0.5) is 9.39 Å². The molecule has 1 aromatic carbocycles. The summed E-state index contributed by atoms with van der Waals surface area (Å²) in [6.45, 7) is 2.01. The Kier molecular flexibility index (Phi) is 4.92. The number of esters is 1. The van der Waals surface area contributed by atoms with E-state index in [0.717, 1.165) is 24.8 Å². The number of carbonyl (C=O) groups is 2. The average molecular weight is 428 g/mol. The lowest BCUT2D eigenvalue weighted by molar-refractivity contribution is -0.140. The van der Waals surface area contributed by atoms with Crippen molar-refractivity contribution in [2.45, 2.75) is 45.4 Å². The van der Waals surface area contributed by atoms with Crippen molar-refractivity contribution in [2.75, 3.05) is 11.9 Å². The summed E-state index contributed by atoms with van der Waals surface area (Å²) in [5.74, 6) is 1.28. The van der Waals surface area contributed by atoms with Crippen LogP contribution in [-0.2, 0) is 9.53 Å². The molecule has 0 atom stereocenters. The van der Waals surface area contributed by atoms with Gasteiger partial charge in [0, 0.05) is 10.9 Å². The number of benzene rings is 1. The third kappa shape index (κ3) is 3.35. The molecule has 0 spiro atoms. The van der Waals surface area contributed by atoms with Crippen LogP contribution in [0.2, 0.25) is 0 Å². The predicted molar refractivity (Wildman–Crippen MR) is 115 cm³/mol. The Morgan fingerprint density at radius 2 is 1.70 bits per heavy atom. The van der Waals surface area contributed by atoms with Gasteiger partial charge in [0.1, 0.15) is 16.4 Å². The van der Waals surface area contributed by atoms with Crippen LogP contribution in [0, 0.1) is 29.0 Å². The summed E-state index contributed by atoms with van der Waals surface area (Å²) in [7, 11) is 0.